The summed E-state index contributed by atoms with van der Waals surface area (Å²) in [6, 6.07) is 9.58. The first-order chi connectivity index (χ1) is 11.2. The normalized spacial score (nSPS) is 24.1. The molecule has 1 nitrogen and oxygen atoms in total. The molecule has 23 heavy (non-hydrogen) atoms. The first-order valence-electron chi connectivity index (χ1n) is 9.54. The Labute approximate surface area is 141 Å². The van der Waals surface area contributed by atoms with E-state index in [9.17, 15) is 4.39 Å². The summed E-state index contributed by atoms with van der Waals surface area (Å²) in [6.07, 6.45) is 8.74. The van der Waals surface area contributed by atoms with Crippen LogP contribution < -0.4 is 4.74 Å². The van der Waals surface area contributed by atoms with Crippen molar-refractivity contribution in [2.75, 3.05) is 6.61 Å². The van der Waals surface area contributed by atoms with Gasteiger partial charge in [-0.05, 0) is 49.1 Å². The lowest BCUT2D eigenvalue weighted by Gasteiger charge is -2.34. The number of para-hydroxylation sites is 1. The summed E-state index contributed by atoms with van der Waals surface area (Å²) in [5.74, 6) is 2.95. The monoisotopic (exact) mass is 320 g/mol. The number of alkyl halides is 1. The molecular formula is C21H33FO. The highest BCUT2D eigenvalue weighted by atomic mass is 19.1. The average Bonchev–Trinajstić information content (AvgIpc) is 2.60. The zero-order chi connectivity index (χ0) is 16.5. The van der Waals surface area contributed by atoms with Crippen LogP contribution >= 0.6 is 0 Å². The molecule has 1 saturated carbocycles. The van der Waals surface area contributed by atoms with Gasteiger partial charge in [0.05, 0.1) is 0 Å². The summed E-state index contributed by atoms with van der Waals surface area (Å²) >= 11 is 0. The van der Waals surface area contributed by atoms with E-state index in [1.807, 2.05) is 30.3 Å². The number of ether oxygens (including phenoxy) is 1. The van der Waals surface area contributed by atoms with E-state index in [1.54, 1.807) is 0 Å². The number of hydrogen-bond acceptors (Lipinski definition) is 1. The third-order valence-corrected chi connectivity index (χ3v) is 5.53. The zero-order valence-electron chi connectivity index (χ0n) is 14.8. The molecule has 1 aromatic carbocycles. The molecule has 130 valence electrons. The molecule has 0 bridgehead atoms. The minimum atomic E-state index is -0.851. The molecule has 1 aliphatic carbocycles. The Kier molecular flexibility index (Phi) is 7.91. The van der Waals surface area contributed by atoms with Gasteiger partial charge in [0.2, 0.25) is 0 Å². The fourth-order valence-electron chi connectivity index (χ4n) is 4.08. The molecule has 0 amide bonds. The third kappa shape index (κ3) is 6.16. The smallest absolute Gasteiger partial charge is 0.134 e. The van der Waals surface area contributed by atoms with Gasteiger partial charge in [-0.25, -0.2) is 4.39 Å². The van der Waals surface area contributed by atoms with Gasteiger partial charge in [-0.1, -0.05) is 64.2 Å². The first kappa shape index (κ1) is 18.3. The Balaban J connectivity index is 1.79. The summed E-state index contributed by atoms with van der Waals surface area (Å²) in [4.78, 5) is 0. The van der Waals surface area contributed by atoms with Crippen molar-refractivity contribution < 1.29 is 9.13 Å². The maximum atomic E-state index is 14.4. The van der Waals surface area contributed by atoms with Gasteiger partial charge in [0.25, 0.3) is 0 Å². The topological polar surface area (TPSA) is 9.23 Å². The minimum Gasteiger partial charge on any atom is -0.491 e. The molecule has 1 aliphatic rings. The van der Waals surface area contributed by atoms with Crippen LogP contribution in [0.3, 0.4) is 0 Å². The second kappa shape index (κ2) is 9.95. The van der Waals surface area contributed by atoms with E-state index in [4.69, 9.17) is 4.74 Å². The molecule has 1 fully saturated rings. The first-order valence-corrected chi connectivity index (χ1v) is 9.54. The molecule has 0 aromatic heterocycles. The van der Waals surface area contributed by atoms with Crippen LogP contribution in [-0.2, 0) is 0 Å². The van der Waals surface area contributed by atoms with Crippen LogP contribution in [0.1, 0.15) is 65.2 Å². The molecule has 2 atom stereocenters. The lowest BCUT2D eigenvalue weighted by atomic mass is 9.72. The quantitative estimate of drug-likeness (QED) is 0.509. The lowest BCUT2D eigenvalue weighted by molar-refractivity contribution is 0.121. The zero-order valence-corrected chi connectivity index (χ0v) is 14.8. The standard InChI is InChI=1S/C21H33FO/c1-3-8-19(18-13-11-17(4-2)12-14-18)15-20(22)16-23-21-9-6-5-7-10-21/h5-7,9-10,17-20H,3-4,8,11-16H2,1-2H3. The number of rotatable bonds is 9. The average molecular weight is 320 g/mol. The van der Waals surface area contributed by atoms with Crippen molar-refractivity contribution in [2.45, 2.75) is 71.4 Å². The number of benzene rings is 1. The maximum Gasteiger partial charge on any atom is 0.134 e. The summed E-state index contributed by atoms with van der Waals surface area (Å²) in [5.41, 5.74) is 0. The fraction of sp³-hybridized carbons (Fsp3) is 0.714. The van der Waals surface area contributed by atoms with Gasteiger partial charge in [0.1, 0.15) is 18.5 Å². The van der Waals surface area contributed by atoms with E-state index in [0.29, 0.717) is 12.3 Å². The third-order valence-electron chi connectivity index (χ3n) is 5.53. The van der Waals surface area contributed by atoms with E-state index in [2.05, 4.69) is 13.8 Å². The predicted molar refractivity (Wildman–Crippen MR) is 95.6 cm³/mol. The molecule has 0 heterocycles. The van der Waals surface area contributed by atoms with E-state index in [1.165, 1.54) is 32.1 Å². The summed E-state index contributed by atoms with van der Waals surface area (Å²) in [5, 5.41) is 0. The largest absolute Gasteiger partial charge is 0.491 e. The van der Waals surface area contributed by atoms with Crippen LogP contribution in [0.2, 0.25) is 0 Å². The van der Waals surface area contributed by atoms with Crippen molar-refractivity contribution in [3.05, 3.63) is 30.3 Å². The molecule has 2 heteroatoms. The highest BCUT2D eigenvalue weighted by molar-refractivity contribution is 5.20. The van der Waals surface area contributed by atoms with Gasteiger partial charge < -0.3 is 4.74 Å². The van der Waals surface area contributed by atoms with Crippen molar-refractivity contribution in [3.63, 3.8) is 0 Å². The Morgan fingerprint density at radius 2 is 1.78 bits per heavy atom. The second-order valence-electron chi connectivity index (χ2n) is 7.19. The molecule has 0 N–H and O–H groups in total. The van der Waals surface area contributed by atoms with Gasteiger partial charge >= 0.3 is 0 Å². The van der Waals surface area contributed by atoms with Crippen LogP contribution in [0, 0.1) is 17.8 Å². The van der Waals surface area contributed by atoms with E-state index in [0.717, 1.165) is 30.4 Å². The number of halogens is 1. The van der Waals surface area contributed by atoms with E-state index >= 15 is 0 Å². The Hall–Kier alpha value is -1.05. The van der Waals surface area contributed by atoms with Crippen molar-refractivity contribution in [3.8, 4) is 5.75 Å². The highest BCUT2D eigenvalue weighted by Gasteiger charge is 2.28. The van der Waals surface area contributed by atoms with Crippen LogP contribution in [0.5, 0.6) is 5.75 Å². The van der Waals surface area contributed by atoms with Crippen LogP contribution in [0.15, 0.2) is 30.3 Å². The SMILES string of the molecule is CCCC(CC(F)COc1ccccc1)C1CCC(CC)CC1. The van der Waals surface area contributed by atoms with Crippen molar-refractivity contribution in [2.24, 2.45) is 17.8 Å². The Morgan fingerprint density at radius 3 is 2.39 bits per heavy atom. The molecule has 2 unspecified atom stereocenters. The molecule has 0 radical (unpaired) electrons. The molecular weight excluding hydrogens is 287 g/mol. The Morgan fingerprint density at radius 1 is 1.09 bits per heavy atom. The predicted octanol–water partition coefficient (Wildman–Crippen LogP) is 6.43. The van der Waals surface area contributed by atoms with Gasteiger partial charge in [0.15, 0.2) is 0 Å². The molecule has 0 saturated heterocycles. The minimum absolute atomic E-state index is 0.189. The summed E-state index contributed by atoms with van der Waals surface area (Å²) < 4.78 is 20.0. The van der Waals surface area contributed by atoms with E-state index in [-0.39, 0.29) is 6.61 Å². The van der Waals surface area contributed by atoms with Crippen LogP contribution in [0.25, 0.3) is 0 Å². The lowest BCUT2D eigenvalue weighted by Crippen LogP contribution is -2.26. The molecule has 0 aliphatic heterocycles. The van der Waals surface area contributed by atoms with Crippen molar-refractivity contribution in [1.29, 1.82) is 0 Å². The van der Waals surface area contributed by atoms with Gasteiger partial charge in [-0.3, -0.25) is 0 Å². The maximum absolute atomic E-state index is 14.4. The highest BCUT2D eigenvalue weighted by Crippen LogP contribution is 2.38. The molecule has 2 rings (SSSR count). The van der Waals surface area contributed by atoms with Crippen molar-refractivity contribution in [1.82, 2.24) is 0 Å². The molecule has 0 spiro atoms. The van der Waals surface area contributed by atoms with Crippen LogP contribution in [0.4, 0.5) is 4.39 Å². The van der Waals surface area contributed by atoms with Gasteiger partial charge in [-0.15, -0.1) is 0 Å². The number of hydrogen-bond donors (Lipinski definition) is 0. The fourth-order valence-corrected chi connectivity index (χ4v) is 4.08. The second-order valence-corrected chi connectivity index (χ2v) is 7.19. The summed E-state index contributed by atoms with van der Waals surface area (Å²) in [6.45, 7) is 4.71. The Bertz CT molecular complexity index is 411. The van der Waals surface area contributed by atoms with Gasteiger partial charge in [-0.2, -0.15) is 0 Å². The van der Waals surface area contributed by atoms with Crippen LogP contribution in [-0.4, -0.2) is 12.8 Å². The molecule has 1 aromatic rings. The van der Waals surface area contributed by atoms with Crippen molar-refractivity contribution >= 4 is 0 Å². The van der Waals surface area contributed by atoms with Gasteiger partial charge in [0, 0.05) is 0 Å². The van der Waals surface area contributed by atoms with E-state index < -0.39 is 6.17 Å². The summed E-state index contributed by atoms with van der Waals surface area (Å²) in [7, 11) is 0.